The Labute approximate surface area is 163 Å². The lowest BCUT2D eigenvalue weighted by Gasteiger charge is -2.04. The van der Waals surface area contributed by atoms with Crippen molar-refractivity contribution in [1.82, 2.24) is 0 Å². The first-order valence-electron chi connectivity index (χ1n) is 7.90. The van der Waals surface area contributed by atoms with Gasteiger partial charge in [0, 0.05) is 10.8 Å². The van der Waals surface area contributed by atoms with Crippen molar-refractivity contribution in [2.75, 3.05) is 30.8 Å². The van der Waals surface area contributed by atoms with E-state index in [1.54, 1.807) is 62.8 Å². The van der Waals surface area contributed by atoms with Gasteiger partial charge in [-0.3, -0.25) is 8.42 Å². The van der Waals surface area contributed by atoms with Crippen LogP contribution in [0.5, 0.6) is 11.5 Å². The van der Waals surface area contributed by atoms with Gasteiger partial charge in [0.2, 0.25) is 0 Å². The Bertz CT molecular complexity index is 837. The second kappa shape index (κ2) is 9.94. The molecule has 6 nitrogen and oxygen atoms in total. The van der Waals surface area contributed by atoms with Crippen LogP contribution in [0.25, 0.3) is 12.2 Å². The quantitative estimate of drug-likeness (QED) is 0.653. The number of anilines is 2. The molecule has 0 fully saturated rings. The molecule has 4 N–H and O–H groups in total. The summed E-state index contributed by atoms with van der Waals surface area (Å²) in [5.41, 5.74) is 14.2. The highest BCUT2D eigenvalue weighted by Gasteiger charge is 2.03. The Morgan fingerprint density at radius 1 is 0.815 bits per heavy atom. The third-order valence-corrected chi connectivity index (χ3v) is 6.30. The highest BCUT2D eigenvalue weighted by atomic mass is 32.2. The molecule has 27 heavy (non-hydrogen) atoms. The Kier molecular flexibility index (Phi) is 7.63. The SMILES string of the molecule is COc1ccc(C=CS(=O)CS(=O)C=Cc2ccc(OC)c(N)c2)cc1N. The number of benzene rings is 2. The predicted molar refractivity (Wildman–Crippen MR) is 114 cm³/mol. The average Bonchev–Trinajstić information content (AvgIpc) is 2.65. The fraction of sp³-hybridized carbons (Fsp3) is 0.158. The van der Waals surface area contributed by atoms with Gasteiger partial charge in [-0.25, -0.2) is 0 Å². The average molecular weight is 407 g/mol. The van der Waals surface area contributed by atoms with E-state index >= 15 is 0 Å². The Morgan fingerprint density at radius 2 is 1.22 bits per heavy atom. The second-order valence-electron chi connectivity index (χ2n) is 5.49. The first kappa shape index (κ1) is 20.7. The van der Waals surface area contributed by atoms with E-state index < -0.39 is 21.6 Å². The number of hydrogen-bond acceptors (Lipinski definition) is 6. The van der Waals surface area contributed by atoms with E-state index in [0.717, 1.165) is 11.1 Å². The molecule has 0 heterocycles. The van der Waals surface area contributed by atoms with Gasteiger partial charge in [-0.05, 0) is 47.5 Å². The van der Waals surface area contributed by atoms with Crippen molar-refractivity contribution in [1.29, 1.82) is 0 Å². The van der Waals surface area contributed by atoms with Gasteiger partial charge >= 0.3 is 0 Å². The molecular weight excluding hydrogens is 384 g/mol. The summed E-state index contributed by atoms with van der Waals surface area (Å²) in [6.45, 7) is 0. The van der Waals surface area contributed by atoms with Gasteiger partial charge in [-0.1, -0.05) is 12.1 Å². The van der Waals surface area contributed by atoms with Crippen molar-refractivity contribution >= 4 is 45.1 Å². The summed E-state index contributed by atoms with van der Waals surface area (Å²) in [5, 5.41) is 3.00. The van der Waals surface area contributed by atoms with Crippen molar-refractivity contribution in [2.24, 2.45) is 0 Å². The third-order valence-electron chi connectivity index (χ3n) is 3.56. The molecule has 0 saturated heterocycles. The number of methoxy groups -OCH3 is 2. The van der Waals surface area contributed by atoms with Crippen LogP contribution in [0.15, 0.2) is 47.2 Å². The van der Waals surface area contributed by atoms with Crippen LogP contribution in [0.4, 0.5) is 11.4 Å². The molecule has 2 unspecified atom stereocenters. The van der Waals surface area contributed by atoms with Crippen LogP contribution in [-0.4, -0.2) is 27.7 Å². The first-order valence-corrected chi connectivity index (χ1v) is 10.7. The number of ether oxygens (including phenoxy) is 2. The molecule has 2 aromatic rings. The Hall–Kier alpha value is -2.58. The molecular formula is C19H22N2O4S2. The van der Waals surface area contributed by atoms with Crippen LogP contribution in [0.1, 0.15) is 11.1 Å². The topological polar surface area (TPSA) is 105 Å². The molecule has 2 rings (SSSR count). The number of nitrogen functional groups attached to an aromatic ring is 2. The lowest BCUT2D eigenvalue weighted by atomic mass is 10.2. The Balaban J connectivity index is 1.94. The van der Waals surface area contributed by atoms with Crippen LogP contribution in [0.3, 0.4) is 0 Å². The predicted octanol–water partition coefficient (Wildman–Crippen LogP) is 2.96. The smallest absolute Gasteiger partial charge is 0.141 e. The minimum Gasteiger partial charge on any atom is -0.495 e. The van der Waals surface area contributed by atoms with Crippen LogP contribution >= 0.6 is 0 Å². The molecule has 0 radical (unpaired) electrons. The van der Waals surface area contributed by atoms with E-state index in [9.17, 15) is 8.42 Å². The maximum Gasteiger partial charge on any atom is 0.141 e. The van der Waals surface area contributed by atoms with Gasteiger partial charge in [0.1, 0.15) is 16.6 Å². The lowest BCUT2D eigenvalue weighted by Crippen LogP contribution is -1.99. The fourth-order valence-electron chi connectivity index (χ4n) is 2.21. The summed E-state index contributed by atoms with van der Waals surface area (Å²) in [5.74, 6) is 1.16. The lowest BCUT2D eigenvalue weighted by molar-refractivity contribution is 0.417. The van der Waals surface area contributed by atoms with Gasteiger partial charge in [-0.2, -0.15) is 0 Å². The normalized spacial score (nSPS) is 13.7. The summed E-state index contributed by atoms with van der Waals surface area (Å²) in [6.07, 6.45) is 3.36. The molecule has 0 saturated carbocycles. The van der Waals surface area contributed by atoms with Gasteiger partial charge in [0.25, 0.3) is 0 Å². The van der Waals surface area contributed by atoms with Gasteiger partial charge < -0.3 is 20.9 Å². The Morgan fingerprint density at radius 3 is 1.56 bits per heavy atom. The molecule has 0 amide bonds. The molecule has 2 aromatic carbocycles. The van der Waals surface area contributed by atoms with Crippen molar-refractivity contribution in [3.63, 3.8) is 0 Å². The summed E-state index contributed by atoms with van der Waals surface area (Å²) in [4.78, 5) is 0. The summed E-state index contributed by atoms with van der Waals surface area (Å²) in [6, 6.07) is 10.5. The molecule has 0 aliphatic heterocycles. The molecule has 0 aromatic heterocycles. The van der Waals surface area contributed by atoms with Crippen molar-refractivity contribution in [3.8, 4) is 11.5 Å². The zero-order chi connectivity index (χ0) is 19.8. The van der Waals surface area contributed by atoms with Gasteiger partial charge in [0.15, 0.2) is 0 Å². The summed E-state index contributed by atoms with van der Waals surface area (Å²) in [7, 11) is 0.321. The van der Waals surface area contributed by atoms with E-state index in [2.05, 4.69) is 0 Å². The number of rotatable bonds is 8. The van der Waals surface area contributed by atoms with E-state index in [1.165, 1.54) is 10.8 Å². The van der Waals surface area contributed by atoms with E-state index in [4.69, 9.17) is 20.9 Å². The van der Waals surface area contributed by atoms with Gasteiger partial charge in [-0.15, -0.1) is 0 Å². The zero-order valence-electron chi connectivity index (χ0n) is 15.1. The van der Waals surface area contributed by atoms with E-state index in [-0.39, 0.29) is 5.08 Å². The highest BCUT2D eigenvalue weighted by Crippen LogP contribution is 2.23. The minimum absolute atomic E-state index is 0.00424. The van der Waals surface area contributed by atoms with Crippen molar-refractivity contribution < 1.29 is 17.9 Å². The molecule has 8 heteroatoms. The standard InChI is InChI=1S/C19H22N2O4S2/c1-24-18-5-3-14(11-16(18)20)7-9-26(22)13-27(23)10-8-15-4-6-19(25-2)17(21)12-15/h3-12H,13,20-21H2,1-2H3. The van der Waals surface area contributed by atoms with Crippen LogP contribution in [0.2, 0.25) is 0 Å². The number of nitrogens with two attached hydrogens (primary N) is 2. The van der Waals surface area contributed by atoms with E-state index in [0.29, 0.717) is 22.9 Å². The van der Waals surface area contributed by atoms with E-state index in [1.807, 2.05) is 0 Å². The van der Waals surface area contributed by atoms with Crippen molar-refractivity contribution in [2.45, 2.75) is 0 Å². The fourth-order valence-corrected chi connectivity index (χ4v) is 4.38. The van der Waals surface area contributed by atoms with Crippen molar-refractivity contribution in [3.05, 3.63) is 58.3 Å². The first-order chi connectivity index (χ1) is 12.9. The summed E-state index contributed by atoms with van der Waals surface area (Å²) < 4.78 is 34.4. The molecule has 0 aliphatic carbocycles. The molecule has 144 valence electrons. The maximum absolute atomic E-state index is 12.1. The minimum atomic E-state index is -1.38. The van der Waals surface area contributed by atoms with Gasteiger partial charge in [0.05, 0.1) is 47.2 Å². The zero-order valence-corrected chi connectivity index (χ0v) is 16.7. The van der Waals surface area contributed by atoms with Crippen LogP contribution in [-0.2, 0) is 21.6 Å². The maximum atomic E-state index is 12.1. The number of hydrogen-bond donors (Lipinski definition) is 2. The molecule has 0 spiro atoms. The molecule has 0 bridgehead atoms. The highest BCUT2D eigenvalue weighted by molar-refractivity contribution is 8.04. The monoisotopic (exact) mass is 406 g/mol. The molecule has 2 atom stereocenters. The van der Waals surface area contributed by atoms with Crippen LogP contribution < -0.4 is 20.9 Å². The molecule has 0 aliphatic rings. The summed E-state index contributed by atoms with van der Waals surface area (Å²) >= 11 is 0. The largest absolute Gasteiger partial charge is 0.495 e. The second-order valence-corrected chi connectivity index (χ2v) is 8.50. The third kappa shape index (κ3) is 6.26. The van der Waals surface area contributed by atoms with Crippen LogP contribution in [0, 0.1) is 0 Å².